The van der Waals surface area contributed by atoms with Crippen LogP contribution < -0.4 is 4.13 Å². The van der Waals surface area contributed by atoms with Crippen LogP contribution in [0.1, 0.15) is 0 Å². The predicted molar refractivity (Wildman–Crippen MR) is 40.7 cm³/mol. The third-order valence-corrected chi connectivity index (χ3v) is 4.29. The molecule has 0 aliphatic rings. The second-order valence-electron chi connectivity index (χ2n) is 2.32. The van der Waals surface area contributed by atoms with Crippen LogP contribution in [0.2, 0.25) is 0 Å². The molecule has 0 atom stereocenters. The molecule has 0 aliphatic carbocycles. The first-order valence-corrected chi connectivity index (χ1v) is 5.85. The van der Waals surface area contributed by atoms with Crippen molar-refractivity contribution in [3.8, 4) is 0 Å². The fourth-order valence-electron chi connectivity index (χ4n) is 0.260. The maximum absolute atomic E-state index is 11.7. The molecule has 14 heavy (non-hydrogen) atoms. The first-order valence-electron chi connectivity index (χ1n) is 2.92. The standard InChI is InChI=1S/C3H7F3N2O4S2/c1-8(2)14(11,12)7-13(9,10)3(4,5)6/h7H,1-2H3. The average molecular weight is 256 g/mol. The van der Waals surface area contributed by atoms with Crippen molar-refractivity contribution in [1.82, 2.24) is 8.43 Å². The van der Waals surface area contributed by atoms with Gasteiger partial charge in [-0.2, -0.15) is 25.9 Å². The second kappa shape index (κ2) is 3.64. The number of hydrogen-bond donors (Lipinski definition) is 1. The lowest BCUT2D eigenvalue weighted by atomic mass is 11.3. The van der Waals surface area contributed by atoms with E-state index >= 15 is 0 Å². The highest BCUT2D eigenvalue weighted by Gasteiger charge is 2.48. The summed E-state index contributed by atoms with van der Waals surface area (Å²) in [6, 6.07) is 0. The normalized spacial score (nSPS) is 14.7. The van der Waals surface area contributed by atoms with Crippen LogP contribution in [0.5, 0.6) is 0 Å². The molecule has 0 unspecified atom stereocenters. The summed E-state index contributed by atoms with van der Waals surface area (Å²) in [6.45, 7) is 0. The molecule has 0 aromatic heterocycles. The van der Waals surface area contributed by atoms with Gasteiger partial charge in [0.15, 0.2) is 0 Å². The minimum absolute atomic E-state index is 0.302. The third-order valence-electron chi connectivity index (χ3n) is 1.00. The lowest BCUT2D eigenvalue weighted by Crippen LogP contribution is -2.45. The summed E-state index contributed by atoms with van der Waals surface area (Å²) in [4.78, 5) is 0. The molecule has 86 valence electrons. The molecule has 0 rings (SSSR count). The predicted octanol–water partition coefficient (Wildman–Crippen LogP) is -0.768. The molecule has 0 aromatic carbocycles. The number of nitrogens with one attached hydrogen (secondary N) is 1. The third kappa shape index (κ3) is 3.08. The van der Waals surface area contributed by atoms with Crippen molar-refractivity contribution in [2.45, 2.75) is 5.51 Å². The smallest absolute Gasteiger partial charge is 0.202 e. The molecule has 0 amide bonds. The topological polar surface area (TPSA) is 83.6 Å². The van der Waals surface area contributed by atoms with E-state index in [2.05, 4.69) is 0 Å². The van der Waals surface area contributed by atoms with E-state index in [9.17, 15) is 30.0 Å². The molecule has 0 heterocycles. The monoisotopic (exact) mass is 256 g/mol. The number of rotatable bonds is 3. The van der Waals surface area contributed by atoms with Crippen LogP contribution >= 0.6 is 0 Å². The van der Waals surface area contributed by atoms with E-state index in [1.54, 1.807) is 0 Å². The summed E-state index contributed by atoms with van der Waals surface area (Å²) in [5.41, 5.74) is -5.66. The molecule has 0 saturated carbocycles. The Bertz CT molecular complexity index is 394. The fraction of sp³-hybridized carbons (Fsp3) is 1.00. The maximum Gasteiger partial charge on any atom is 0.512 e. The average Bonchev–Trinajstić information content (AvgIpc) is 1.80. The van der Waals surface area contributed by atoms with Gasteiger partial charge in [-0.05, 0) is 0 Å². The molecule has 0 fully saturated rings. The fourth-order valence-corrected chi connectivity index (χ4v) is 2.34. The number of nitrogens with zero attached hydrogens (tertiary/aromatic N) is 1. The number of hydrogen-bond acceptors (Lipinski definition) is 4. The number of alkyl halides is 3. The van der Waals surface area contributed by atoms with Crippen LogP contribution in [-0.4, -0.2) is 40.7 Å². The Morgan fingerprint density at radius 1 is 1.07 bits per heavy atom. The molecule has 0 saturated heterocycles. The highest BCUT2D eigenvalue weighted by atomic mass is 32.3. The van der Waals surface area contributed by atoms with Gasteiger partial charge in [-0.3, -0.25) is 0 Å². The van der Waals surface area contributed by atoms with Crippen molar-refractivity contribution in [2.75, 3.05) is 14.1 Å². The van der Waals surface area contributed by atoms with Gasteiger partial charge < -0.3 is 0 Å². The Balaban J connectivity index is 5.09. The van der Waals surface area contributed by atoms with Crippen molar-refractivity contribution in [3.63, 3.8) is 0 Å². The van der Waals surface area contributed by atoms with E-state index in [0.717, 1.165) is 14.1 Å². The highest BCUT2D eigenvalue weighted by Crippen LogP contribution is 2.22. The molecule has 0 aromatic rings. The zero-order valence-electron chi connectivity index (χ0n) is 7.03. The van der Waals surface area contributed by atoms with Crippen LogP contribution in [0.4, 0.5) is 13.2 Å². The van der Waals surface area contributed by atoms with Crippen LogP contribution in [0.3, 0.4) is 0 Å². The van der Waals surface area contributed by atoms with Gasteiger partial charge in [-0.1, -0.05) is 4.13 Å². The van der Waals surface area contributed by atoms with Crippen LogP contribution in [0.15, 0.2) is 0 Å². The molecule has 1 N–H and O–H groups in total. The van der Waals surface area contributed by atoms with Crippen molar-refractivity contribution in [1.29, 1.82) is 0 Å². The van der Waals surface area contributed by atoms with Gasteiger partial charge in [-0.15, -0.1) is 0 Å². The van der Waals surface area contributed by atoms with E-state index < -0.39 is 25.7 Å². The zero-order chi connectivity index (χ0) is 11.8. The van der Waals surface area contributed by atoms with Gasteiger partial charge in [0.2, 0.25) is 0 Å². The Hall–Kier alpha value is -0.390. The Labute approximate surface area is 78.9 Å². The molecule has 11 heteroatoms. The molecule has 0 radical (unpaired) electrons. The van der Waals surface area contributed by atoms with Gasteiger partial charge >= 0.3 is 15.5 Å². The summed E-state index contributed by atoms with van der Waals surface area (Å²) in [6.07, 6.45) is 0. The highest BCUT2D eigenvalue weighted by molar-refractivity contribution is 8.04. The van der Waals surface area contributed by atoms with Gasteiger partial charge in [0.1, 0.15) is 0 Å². The largest absolute Gasteiger partial charge is 0.512 e. The van der Waals surface area contributed by atoms with Gasteiger partial charge in [-0.25, -0.2) is 8.42 Å². The molecule has 6 nitrogen and oxygen atoms in total. The van der Waals surface area contributed by atoms with E-state index in [1.807, 2.05) is 0 Å². The van der Waals surface area contributed by atoms with E-state index in [0.29, 0.717) is 8.43 Å². The van der Waals surface area contributed by atoms with Crippen molar-refractivity contribution in [2.24, 2.45) is 0 Å². The first-order chi connectivity index (χ1) is 5.90. The van der Waals surface area contributed by atoms with Crippen molar-refractivity contribution < 1.29 is 30.0 Å². The van der Waals surface area contributed by atoms with Gasteiger partial charge in [0.25, 0.3) is 10.2 Å². The van der Waals surface area contributed by atoms with Crippen LogP contribution in [-0.2, 0) is 20.2 Å². The lowest BCUT2D eigenvalue weighted by molar-refractivity contribution is -0.0441. The Morgan fingerprint density at radius 3 is 1.64 bits per heavy atom. The molecular weight excluding hydrogens is 249 g/mol. The van der Waals surface area contributed by atoms with Crippen molar-refractivity contribution >= 4 is 20.2 Å². The number of sulfonamides is 1. The Kier molecular flexibility index (Phi) is 3.54. The summed E-state index contributed by atoms with van der Waals surface area (Å²) in [5, 5.41) is 0. The quantitative estimate of drug-likeness (QED) is 0.719. The molecule has 0 aliphatic heterocycles. The summed E-state index contributed by atoms with van der Waals surface area (Å²) in [5.74, 6) is 0. The van der Waals surface area contributed by atoms with Gasteiger partial charge in [0.05, 0.1) is 0 Å². The maximum atomic E-state index is 11.7. The van der Waals surface area contributed by atoms with E-state index in [1.165, 1.54) is 0 Å². The van der Waals surface area contributed by atoms with Crippen molar-refractivity contribution in [3.05, 3.63) is 0 Å². The minimum atomic E-state index is -5.88. The summed E-state index contributed by atoms with van der Waals surface area (Å²) in [7, 11) is -8.78. The van der Waals surface area contributed by atoms with E-state index in [-0.39, 0.29) is 0 Å². The number of halogens is 3. The summed E-state index contributed by atoms with van der Waals surface area (Å²) >= 11 is 0. The second-order valence-corrected chi connectivity index (χ2v) is 6.14. The van der Waals surface area contributed by atoms with Crippen LogP contribution in [0.25, 0.3) is 0 Å². The minimum Gasteiger partial charge on any atom is -0.202 e. The van der Waals surface area contributed by atoms with Gasteiger partial charge in [0, 0.05) is 14.1 Å². The van der Waals surface area contributed by atoms with E-state index in [4.69, 9.17) is 0 Å². The zero-order valence-corrected chi connectivity index (χ0v) is 8.66. The lowest BCUT2D eigenvalue weighted by Gasteiger charge is -2.13. The first kappa shape index (κ1) is 13.6. The summed E-state index contributed by atoms with van der Waals surface area (Å²) < 4.78 is 78.0. The molecule has 0 spiro atoms. The van der Waals surface area contributed by atoms with Crippen LogP contribution in [0, 0.1) is 0 Å². The molecular formula is C3H7F3N2O4S2. The molecule has 0 bridgehead atoms. The SMILES string of the molecule is CN(C)S(=O)(=O)NS(=O)(=O)C(F)(F)F. The Morgan fingerprint density at radius 2 is 1.43 bits per heavy atom.